The van der Waals surface area contributed by atoms with E-state index in [0.717, 1.165) is 16.3 Å². The van der Waals surface area contributed by atoms with Crippen LogP contribution in [0.2, 0.25) is 0 Å². The second kappa shape index (κ2) is 6.95. The number of rotatable bonds is 6. The fourth-order valence-corrected chi connectivity index (χ4v) is 2.27. The van der Waals surface area contributed by atoms with Crippen molar-refractivity contribution >= 4 is 23.1 Å². The molecule has 1 atom stereocenters. The van der Waals surface area contributed by atoms with Crippen LogP contribution in [0.3, 0.4) is 0 Å². The Morgan fingerprint density at radius 3 is 2.94 bits per heavy atom. The predicted octanol–water partition coefficient (Wildman–Crippen LogP) is 1.23. The summed E-state index contributed by atoms with van der Waals surface area (Å²) < 4.78 is 0. The number of oxime groups is 1. The number of aryl methyl sites for hydroxylation is 1. The molecule has 4 N–H and O–H groups in total. The van der Waals surface area contributed by atoms with Gasteiger partial charge in [-0.3, -0.25) is 4.79 Å². The molecule has 1 unspecified atom stereocenters. The minimum Gasteiger partial charge on any atom is -0.409 e. The average Bonchev–Trinajstić information content (AvgIpc) is 2.78. The molecule has 7 heteroatoms. The fraction of sp³-hybridized carbons (Fsp3) is 0.545. The third-order valence-electron chi connectivity index (χ3n) is 2.45. The molecule has 0 saturated heterocycles. The number of carbonyl (C=O) groups is 1. The maximum absolute atomic E-state index is 11.9. The molecular formula is C11H18N4O2S. The molecule has 18 heavy (non-hydrogen) atoms. The first-order valence-corrected chi connectivity index (χ1v) is 6.56. The van der Waals surface area contributed by atoms with E-state index in [1.807, 2.05) is 13.8 Å². The van der Waals surface area contributed by atoms with Gasteiger partial charge in [-0.1, -0.05) is 18.5 Å². The summed E-state index contributed by atoms with van der Waals surface area (Å²) in [5, 5.41) is 15.1. The number of amidine groups is 1. The quantitative estimate of drug-likeness (QED) is 0.313. The van der Waals surface area contributed by atoms with Gasteiger partial charge in [0.1, 0.15) is 5.01 Å². The van der Waals surface area contributed by atoms with Gasteiger partial charge in [0, 0.05) is 11.1 Å². The first kappa shape index (κ1) is 14.4. The van der Waals surface area contributed by atoms with Crippen LogP contribution >= 0.6 is 11.3 Å². The van der Waals surface area contributed by atoms with Gasteiger partial charge >= 0.3 is 0 Å². The largest absolute Gasteiger partial charge is 0.409 e. The van der Waals surface area contributed by atoms with E-state index >= 15 is 0 Å². The normalized spacial score (nSPS) is 13.3. The molecule has 0 fully saturated rings. The van der Waals surface area contributed by atoms with Crippen molar-refractivity contribution in [1.82, 2.24) is 10.3 Å². The third kappa shape index (κ3) is 3.99. The van der Waals surface area contributed by atoms with Crippen LogP contribution in [0.5, 0.6) is 0 Å². The van der Waals surface area contributed by atoms with Gasteiger partial charge in [0.05, 0.1) is 12.5 Å². The second-order valence-corrected chi connectivity index (χ2v) is 5.27. The zero-order valence-corrected chi connectivity index (χ0v) is 11.3. The molecule has 0 spiro atoms. The third-order valence-corrected chi connectivity index (χ3v) is 3.36. The van der Waals surface area contributed by atoms with Gasteiger partial charge in [0.25, 0.3) is 0 Å². The average molecular weight is 270 g/mol. The number of amides is 1. The van der Waals surface area contributed by atoms with Crippen molar-refractivity contribution in [2.45, 2.75) is 33.2 Å². The highest BCUT2D eigenvalue weighted by molar-refractivity contribution is 7.11. The molecule has 1 rings (SSSR count). The molecule has 0 bridgehead atoms. The lowest BCUT2D eigenvalue weighted by molar-refractivity contribution is -0.123. The van der Waals surface area contributed by atoms with Crippen LogP contribution in [0.25, 0.3) is 0 Å². The molecule has 1 heterocycles. The zero-order chi connectivity index (χ0) is 13.5. The van der Waals surface area contributed by atoms with Crippen LogP contribution < -0.4 is 11.1 Å². The van der Waals surface area contributed by atoms with Crippen LogP contribution in [0.15, 0.2) is 11.4 Å². The van der Waals surface area contributed by atoms with E-state index < -0.39 is 5.92 Å². The standard InChI is InChI=1S/C11H18N4O2S/c1-3-4-8(10(12)15-17)11(16)14-6-9-13-5-7(2)18-9/h5,8,17H,3-4,6H2,1-2H3,(H2,12,15)(H,14,16). The number of carbonyl (C=O) groups excluding carboxylic acids is 1. The Kier molecular flexibility index (Phi) is 5.57. The summed E-state index contributed by atoms with van der Waals surface area (Å²) in [5.74, 6) is -0.870. The Balaban J connectivity index is 2.56. The highest BCUT2D eigenvalue weighted by atomic mass is 32.1. The topological polar surface area (TPSA) is 101 Å². The highest BCUT2D eigenvalue weighted by Gasteiger charge is 2.22. The van der Waals surface area contributed by atoms with Crippen LogP contribution in [-0.4, -0.2) is 21.9 Å². The van der Waals surface area contributed by atoms with Crippen molar-refractivity contribution in [3.8, 4) is 0 Å². The molecule has 1 amide bonds. The van der Waals surface area contributed by atoms with Crippen molar-refractivity contribution in [3.05, 3.63) is 16.1 Å². The molecule has 0 aliphatic heterocycles. The van der Waals surface area contributed by atoms with Gasteiger partial charge in [0.15, 0.2) is 5.84 Å². The molecule has 1 aromatic rings. The van der Waals surface area contributed by atoms with Gasteiger partial charge < -0.3 is 16.3 Å². The monoisotopic (exact) mass is 270 g/mol. The maximum atomic E-state index is 11.9. The van der Waals surface area contributed by atoms with E-state index in [1.54, 1.807) is 6.20 Å². The van der Waals surface area contributed by atoms with Crippen molar-refractivity contribution in [1.29, 1.82) is 0 Å². The van der Waals surface area contributed by atoms with Crippen LogP contribution in [0, 0.1) is 12.8 Å². The lowest BCUT2D eigenvalue weighted by Crippen LogP contribution is -2.38. The van der Waals surface area contributed by atoms with Gasteiger partial charge in [0.2, 0.25) is 5.91 Å². The summed E-state index contributed by atoms with van der Waals surface area (Å²) in [7, 11) is 0. The first-order valence-electron chi connectivity index (χ1n) is 5.74. The maximum Gasteiger partial charge on any atom is 0.231 e. The summed E-state index contributed by atoms with van der Waals surface area (Å²) in [6.45, 7) is 4.27. The fourth-order valence-electron chi connectivity index (χ4n) is 1.54. The molecule has 0 radical (unpaired) electrons. The lowest BCUT2D eigenvalue weighted by Gasteiger charge is -2.13. The molecular weight excluding hydrogens is 252 g/mol. The van der Waals surface area contributed by atoms with Gasteiger partial charge in [-0.15, -0.1) is 11.3 Å². The van der Waals surface area contributed by atoms with Crippen LogP contribution in [0.4, 0.5) is 0 Å². The van der Waals surface area contributed by atoms with Gasteiger partial charge in [-0.2, -0.15) is 0 Å². The Labute approximate surface area is 110 Å². The number of hydrogen-bond acceptors (Lipinski definition) is 5. The van der Waals surface area contributed by atoms with Gasteiger partial charge in [-0.05, 0) is 13.3 Å². The number of thiazole rings is 1. The van der Waals surface area contributed by atoms with E-state index in [2.05, 4.69) is 15.5 Å². The Bertz CT molecular complexity index is 430. The summed E-state index contributed by atoms with van der Waals surface area (Å²) >= 11 is 1.53. The van der Waals surface area contributed by atoms with Crippen LogP contribution in [0.1, 0.15) is 29.7 Å². The van der Waals surface area contributed by atoms with E-state index in [-0.39, 0.29) is 11.7 Å². The highest BCUT2D eigenvalue weighted by Crippen LogP contribution is 2.12. The minimum atomic E-state index is -0.582. The van der Waals surface area contributed by atoms with Crippen molar-refractivity contribution in [3.63, 3.8) is 0 Å². The van der Waals surface area contributed by atoms with Gasteiger partial charge in [-0.25, -0.2) is 4.98 Å². The van der Waals surface area contributed by atoms with Crippen molar-refractivity contribution < 1.29 is 10.0 Å². The second-order valence-electron chi connectivity index (χ2n) is 3.95. The molecule has 1 aromatic heterocycles. The molecule has 0 aliphatic rings. The number of nitrogens with zero attached hydrogens (tertiary/aromatic N) is 2. The summed E-state index contributed by atoms with van der Waals surface area (Å²) in [4.78, 5) is 17.2. The zero-order valence-electron chi connectivity index (χ0n) is 10.5. The van der Waals surface area contributed by atoms with Crippen LogP contribution in [-0.2, 0) is 11.3 Å². The summed E-state index contributed by atoms with van der Waals surface area (Å²) in [5.41, 5.74) is 5.50. The molecule has 6 nitrogen and oxygen atoms in total. The smallest absolute Gasteiger partial charge is 0.231 e. The molecule has 0 saturated carbocycles. The van der Waals surface area contributed by atoms with E-state index in [9.17, 15) is 4.79 Å². The van der Waals surface area contributed by atoms with Crippen molar-refractivity contribution in [2.75, 3.05) is 0 Å². The Morgan fingerprint density at radius 2 is 2.44 bits per heavy atom. The van der Waals surface area contributed by atoms with E-state index in [4.69, 9.17) is 10.9 Å². The summed E-state index contributed by atoms with van der Waals surface area (Å²) in [6, 6.07) is 0. The number of nitrogens with two attached hydrogens (primary N) is 1. The Hall–Kier alpha value is -1.63. The van der Waals surface area contributed by atoms with Crippen molar-refractivity contribution in [2.24, 2.45) is 16.8 Å². The molecule has 0 aromatic carbocycles. The summed E-state index contributed by atoms with van der Waals surface area (Å²) in [6.07, 6.45) is 3.10. The van der Waals surface area contributed by atoms with E-state index in [0.29, 0.717) is 13.0 Å². The number of hydrogen-bond donors (Lipinski definition) is 3. The number of aromatic nitrogens is 1. The SMILES string of the molecule is CCCC(C(=O)NCc1ncc(C)s1)/C(N)=N/O. The predicted molar refractivity (Wildman–Crippen MR) is 70.5 cm³/mol. The minimum absolute atomic E-state index is 0.0512. The van der Waals surface area contributed by atoms with E-state index in [1.165, 1.54) is 11.3 Å². The molecule has 100 valence electrons. The number of nitrogens with one attached hydrogen (secondary N) is 1. The molecule has 0 aliphatic carbocycles. The Morgan fingerprint density at radius 1 is 1.72 bits per heavy atom. The first-order chi connectivity index (χ1) is 8.58. The lowest BCUT2D eigenvalue weighted by atomic mass is 10.0.